The fourth-order valence-electron chi connectivity index (χ4n) is 2.08. The molecular formula is C20H29ClFN3O. The highest BCUT2D eigenvalue weighted by Crippen LogP contribution is 2.27. The second-order valence-corrected chi connectivity index (χ2v) is 6.34. The smallest absolute Gasteiger partial charge is 0.204 e. The van der Waals surface area contributed by atoms with Gasteiger partial charge in [-0.05, 0) is 51.0 Å². The summed E-state index contributed by atoms with van der Waals surface area (Å²) in [6.07, 6.45) is 2.47. The molecule has 0 saturated carbocycles. The van der Waals surface area contributed by atoms with E-state index in [0.717, 1.165) is 22.5 Å². The van der Waals surface area contributed by atoms with Crippen molar-refractivity contribution < 1.29 is 9.18 Å². The number of primary amides is 1. The molecule has 0 bridgehead atoms. The number of hydrogen-bond donors (Lipinski definition) is 2. The average Bonchev–Trinajstić information content (AvgIpc) is 2.58. The van der Waals surface area contributed by atoms with Crippen LogP contribution in [0.4, 0.5) is 10.1 Å². The van der Waals surface area contributed by atoms with Crippen molar-refractivity contribution in [2.75, 3.05) is 11.9 Å². The van der Waals surface area contributed by atoms with Gasteiger partial charge in [0.25, 0.3) is 0 Å². The monoisotopic (exact) mass is 381 g/mol. The molecule has 0 atom stereocenters. The highest BCUT2D eigenvalue weighted by Gasteiger charge is 2.14. The second kappa shape index (κ2) is 12.3. The van der Waals surface area contributed by atoms with Crippen LogP contribution in [-0.2, 0) is 4.79 Å². The Bertz CT molecular complexity index is 672. The number of aromatic nitrogens is 1. The van der Waals surface area contributed by atoms with Crippen LogP contribution in [0.3, 0.4) is 0 Å². The van der Waals surface area contributed by atoms with Gasteiger partial charge in [0.2, 0.25) is 6.41 Å². The van der Waals surface area contributed by atoms with E-state index in [4.69, 9.17) is 16.4 Å². The van der Waals surface area contributed by atoms with Gasteiger partial charge < -0.3 is 11.1 Å². The van der Waals surface area contributed by atoms with Crippen molar-refractivity contribution >= 4 is 23.7 Å². The molecule has 0 aliphatic heterocycles. The number of anilines is 1. The van der Waals surface area contributed by atoms with Gasteiger partial charge in [0, 0.05) is 22.8 Å². The van der Waals surface area contributed by atoms with E-state index < -0.39 is 5.67 Å². The second-order valence-electron chi connectivity index (χ2n) is 5.90. The summed E-state index contributed by atoms with van der Waals surface area (Å²) in [7, 11) is 0. The average molecular weight is 382 g/mol. The number of nitrogens with zero attached hydrogens (tertiary/aromatic N) is 1. The highest BCUT2D eigenvalue weighted by atomic mass is 35.5. The maximum absolute atomic E-state index is 13.5. The number of nitrogens with two attached hydrogens (primary N) is 1. The predicted octanol–water partition coefficient (Wildman–Crippen LogP) is 5.39. The molecule has 0 saturated heterocycles. The molecule has 0 fully saturated rings. The lowest BCUT2D eigenvalue weighted by Gasteiger charge is -2.15. The summed E-state index contributed by atoms with van der Waals surface area (Å²) in [6, 6.07) is 9.71. The minimum atomic E-state index is -1.17. The number of halogens is 2. The summed E-state index contributed by atoms with van der Waals surface area (Å²) in [4.78, 5) is 13.0. The Morgan fingerprint density at radius 3 is 2.46 bits per heavy atom. The van der Waals surface area contributed by atoms with Crippen molar-refractivity contribution in [3.63, 3.8) is 0 Å². The van der Waals surface area contributed by atoms with E-state index in [1.54, 1.807) is 20.0 Å². The summed E-state index contributed by atoms with van der Waals surface area (Å²) >= 11 is 6.04. The van der Waals surface area contributed by atoms with Gasteiger partial charge in [0.05, 0.1) is 11.9 Å². The molecule has 0 aliphatic carbocycles. The maximum atomic E-state index is 13.5. The van der Waals surface area contributed by atoms with Gasteiger partial charge in [-0.25, -0.2) is 4.39 Å². The number of nitrogens with one attached hydrogen (secondary N) is 1. The first-order valence-corrected chi connectivity index (χ1v) is 8.95. The first-order valence-electron chi connectivity index (χ1n) is 8.57. The molecule has 1 aromatic heterocycles. The SMILES string of the molecule is CC.Cc1ncc(NCCC(C)(C)F)cc1-c1cccc(Cl)c1.NC=O. The third-order valence-corrected chi connectivity index (χ3v) is 3.51. The molecule has 26 heavy (non-hydrogen) atoms. The van der Waals surface area contributed by atoms with Crippen molar-refractivity contribution in [2.45, 2.75) is 46.7 Å². The van der Waals surface area contributed by atoms with E-state index in [1.807, 2.05) is 51.1 Å². The van der Waals surface area contributed by atoms with E-state index in [2.05, 4.69) is 16.0 Å². The van der Waals surface area contributed by atoms with Crippen LogP contribution < -0.4 is 11.1 Å². The molecule has 0 aliphatic rings. The lowest BCUT2D eigenvalue weighted by Crippen LogP contribution is -2.17. The number of amides is 1. The number of alkyl halides is 1. The molecule has 3 N–H and O–H groups in total. The van der Waals surface area contributed by atoms with Gasteiger partial charge in [-0.15, -0.1) is 0 Å². The van der Waals surface area contributed by atoms with Crippen molar-refractivity contribution in [1.29, 1.82) is 0 Å². The molecule has 1 amide bonds. The molecule has 1 aromatic carbocycles. The van der Waals surface area contributed by atoms with Crippen LogP contribution >= 0.6 is 11.6 Å². The Kier molecular flexibility index (Phi) is 11.2. The zero-order chi connectivity index (χ0) is 20.2. The van der Waals surface area contributed by atoms with Crippen LogP contribution in [0, 0.1) is 6.92 Å². The minimum Gasteiger partial charge on any atom is -0.384 e. The van der Waals surface area contributed by atoms with Crippen LogP contribution in [0.5, 0.6) is 0 Å². The van der Waals surface area contributed by atoms with Crippen molar-refractivity contribution in [3.05, 3.63) is 47.2 Å². The van der Waals surface area contributed by atoms with Crippen LogP contribution in [0.2, 0.25) is 5.02 Å². The van der Waals surface area contributed by atoms with Gasteiger partial charge in [-0.2, -0.15) is 0 Å². The first kappa shape index (κ1) is 23.9. The molecule has 0 spiro atoms. The number of pyridine rings is 1. The van der Waals surface area contributed by atoms with Gasteiger partial charge in [0.15, 0.2) is 0 Å². The zero-order valence-electron chi connectivity index (χ0n) is 16.1. The molecule has 0 unspecified atom stereocenters. The normalized spacial score (nSPS) is 9.96. The molecular weight excluding hydrogens is 353 g/mol. The van der Waals surface area contributed by atoms with Gasteiger partial charge in [0.1, 0.15) is 5.67 Å². The Balaban J connectivity index is 0.00000113. The number of aryl methyl sites for hydroxylation is 1. The van der Waals surface area contributed by atoms with E-state index in [0.29, 0.717) is 18.0 Å². The largest absolute Gasteiger partial charge is 0.384 e. The molecule has 144 valence electrons. The lowest BCUT2D eigenvalue weighted by molar-refractivity contribution is -0.106. The third kappa shape index (κ3) is 9.37. The Labute approximate surface area is 161 Å². The summed E-state index contributed by atoms with van der Waals surface area (Å²) in [5.74, 6) is 0. The molecule has 1 heterocycles. The topological polar surface area (TPSA) is 68.0 Å². The summed E-state index contributed by atoms with van der Waals surface area (Å²) in [6.45, 7) is 9.70. The summed E-state index contributed by atoms with van der Waals surface area (Å²) in [5, 5.41) is 3.92. The number of benzene rings is 1. The predicted molar refractivity (Wildman–Crippen MR) is 109 cm³/mol. The quantitative estimate of drug-likeness (QED) is 0.682. The zero-order valence-corrected chi connectivity index (χ0v) is 16.9. The number of rotatable bonds is 5. The van der Waals surface area contributed by atoms with E-state index in [-0.39, 0.29) is 6.41 Å². The van der Waals surface area contributed by atoms with Crippen molar-refractivity contribution in [3.8, 4) is 11.1 Å². The molecule has 2 aromatic rings. The summed E-state index contributed by atoms with van der Waals surface area (Å²) < 4.78 is 13.5. The van der Waals surface area contributed by atoms with E-state index in [9.17, 15) is 4.39 Å². The van der Waals surface area contributed by atoms with Crippen molar-refractivity contribution in [1.82, 2.24) is 4.98 Å². The maximum Gasteiger partial charge on any atom is 0.204 e. The molecule has 2 rings (SSSR count). The lowest BCUT2D eigenvalue weighted by atomic mass is 10.0. The molecule has 6 heteroatoms. The first-order chi connectivity index (χ1) is 12.3. The van der Waals surface area contributed by atoms with Crippen molar-refractivity contribution in [2.24, 2.45) is 5.73 Å². The van der Waals surface area contributed by atoms with E-state index >= 15 is 0 Å². The molecule has 0 radical (unpaired) electrons. The standard InChI is InChI=1S/C17H20ClFN2.C2H6.CH3NO/c1-12-16(13-5-4-6-14(18)9-13)10-15(11-21-12)20-8-7-17(2,3)19;1-2;2-1-3/h4-6,9-11,20H,7-8H2,1-3H3;1-2H3;1H,(H2,2,3). The third-order valence-electron chi connectivity index (χ3n) is 3.27. The van der Waals surface area contributed by atoms with E-state index in [1.165, 1.54) is 0 Å². The number of carbonyl (C=O) groups is 1. The molecule has 4 nitrogen and oxygen atoms in total. The number of carbonyl (C=O) groups excluding carboxylic acids is 1. The Hall–Kier alpha value is -2.14. The fraction of sp³-hybridized carbons (Fsp3) is 0.400. The van der Waals surface area contributed by atoms with Gasteiger partial charge >= 0.3 is 0 Å². The van der Waals surface area contributed by atoms with Crippen LogP contribution in [0.1, 0.15) is 39.8 Å². The number of hydrogen-bond acceptors (Lipinski definition) is 3. The van der Waals surface area contributed by atoms with Crippen LogP contribution in [0.25, 0.3) is 11.1 Å². The van der Waals surface area contributed by atoms with Gasteiger partial charge in [-0.3, -0.25) is 9.78 Å². The Morgan fingerprint density at radius 2 is 1.92 bits per heavy atom. The van der Waals surface area contributed by atoms with Crippen LogP contribution in [-0.4, -0.2) is 23.6 Å². The highest BCUT2D eigenvalue weighted by molar-refractivity contribution is 6.30. The van der Waals surface area contributed by atoms with Crippen LogP contribution in [0.15, 0.2) is 36.5 Å². The fourth-order valence-corrected chi connectivity index (χ4v) is 2.27. The summed E-state index contributed by atoms with van der Waals surface area (Å²) in [5.41, 5.74) is 6.89. The Morgan fingerprint density at radius 1 is 1.31 bits per heavy atom. The minimum absolute atomic E-state index is 0.250. The van der Waals surface area contributed by atoms with Gasteiger partial charge in [-0.1, -0.05) is 37.6 Å².